The highest BCUT2D eigenvalue weighted by molar-refractivity contribution is 5.45. The molecule has 0 bridgehead atoms. The first-order valence-electron chi connectivity index (χ1n) is 4.83. The molecule has 0 spiro atoms. The van der Waals surface area contributed by atoms with Gasteiger partial charge in [-0.1, -0.05) is 17.9 Å². The van der Waals surface area contributed by atoms with E-state index in [4.69, 9.17) is 0 Å². The molecule has 0 aliphatic carbocycles. The van der Waals surface area contributed by atoms with Crippen LogP contribution in [-0.4, -0.2) is 29.8 Å². The van der Waals surface area contributed by atoms with Crippen molar-refractivity contribution < 1.29 is 0 Å². The summed E-state index contributed by atoms with van der Waals surface area (Å²) in [5.41, 5.74) is 0.829. The Balaban J connectivity index is 2.27. The molecular formula is C10H12N6. The third-order valence-corrected chi connectivity index (χ3v) is 2.29. The topological polar surface area (TPSA) is 61.4 Å². The van der Waals surface area contributed by atoms with Gasteiger partial charge >= 0.3 is 0 Å². The van der Waals surface area contributed by atoms with Crippen molar-refractivity contribution >= 4 is 5.70 Å². The summed E-state index contributed by atoms with van der Waals surface area (Å²) in [5, 5.41) is 15.3. The SMILES string of the molecule is C=CCC(C(=C)n1cnnc1)n1ccnn1. The van der Waals surface area contributed by atoms with E-state index in [2.05, 4.69) is 33.7 Å². The molecule has 0 N–H and O–H groups in total. The maximum atomic E-state index is 4.02. The third-order valence-electron chi connectivity index (χ3n) is 2.29. The van der Waals surface area contributed by atoms with Gasteiger partial charge in [-0.2, -0.15) is 0 Å². The zero-order valence-electron chi connectivity index (χ0n) is 8.77. The molecule has 1 atom stereocenters. The molecule has 0 aliphatic heterocycles. The smallest absolute Gasteiger partial charge is 0.123 e. The lowest BCUT2D eigenvalue weighted by molar-refractivity contribution is 0.523. The summed E-state index contributed by atoms with van der Waals surface area (Å²) < 4.78 is 3.50. The predicted octanol–water partition coefficient (Wildman–Crippen LogP) is 1.16. The highest BCUT2D eigenvalue weighted by atomic mass is 15.4. The van der Waals surface area contributed by atoms with E-state index >= 15 is 0 Å². The lowest BCUT2D eigenvalue weighted by Crippen LogP contribution is -2.14. The second-order valence-electron chi connectivity index (χ2n) is 3.28. The molecule has 0 aliphatic rings. The van der Waals surface area contributed by atoms with Crippen LogP contribution in [0.1, 0.15) is 12.5 Å². The number of rotatable bonds is 5. The van der Waals surface area contributed by atoms with Gasteiger partial charge in [0.2, 0.25) is 0 Å². The summed E-state index contributed by atoms with van der Waals surface area (Å²) in [4.78, 5) is 0. The Bertz CT molecular complexity index is 455. The maximum Gasteiger partial charge on any atom is 0.123 e. The highest BCUT2D eigenvalue weighted by Gasteiger charge is 2.15. The molecule has 0 fully saturated rings. The highest BCUT2D eigenvalue weighted by Crippen LogP contribution is 2.22. The predicted molar refractivity (Wildman–Crippen MR) is 59.2 cm³/mol. The Morgan fingerprint density at radius 1 is 1.31 bits per heavy atom. The van der Waals surface area contributed by atoms with Gasteiger partial charge in [-0.3, -0.25) is 4.57 Å². The molecule has 2 aromatic rings. The molecule has 0 saturated heterocycles. The normalized spacial score (nSPS) is 12.2. The summed E-state index contributed by atoms with van der Waals surface area (Å²) >= 11 is 0. The van der Waals surface area contributed by atoms with Crippen molar-refractivity contribution in [2.45, 2.75) is 12.5 Å². The van der Waals surface area contributed by atoms with Gasteiger partial charge in [0.05, 0.1) is 12.2 Å². The summed E-state index contributed by atoms with van der Waals surface area (Å²) in [5.74, 6) is 0. The maximum absolute atomic E-state index is 4.02. The molecule has 2 heterocycles. The first-order chi connectivity index (χ1) is 7.83. The van der Waals surface area contributed by atoms with Gasteiger partial charge in [0.15, 0.2) is 0 Å². The minimum Gasteiger partial charge on any atom is -0.290 e. The molecule has 1 unspecified atom stereocenters. The van der Waals surface area contributed by atoms with Crippen LogP contribution >= 0.6 is 0 Å². The monoisotopic (exact) mass is 216 g/mol. The quantitative estimate of drug-likeness (QED) is 0.703. The Kier molecular flexibility index (Phi) is 2.90. The van der Waals surface area contributed by atoms with Crippen LogP contribution in [0, 0.1) is 0 Å². The summed E-state index contributed by atoms with van der Waals surface area (Å²) in [6, 6.07) is -0.0176. The number of hydrogen-bond donors (Lipinski definition) is 0. The van der Waals surface area contributed by atoms with E-state index in [1.807, 2.05) is 6.08 Å². The van der Waals surface area contributed by atoms with Gasteiger partial charge in [0.1, 0.15) is 12.7 Å². The number of nitrogens with zero attached hydrogens (tertiary/aromatic N) is 6. The van der Waals surface area contributed by atoms with E-state index in [1.165, 1.54) is 0 Å². The van der Waals surface area contributed by atoms with E-state index in [9.17, 15) is 0 Å². The Morgan fingerprint density at radius 2 is 2.06 bits per heavy atom. The minimum atomic E-state index is -0.0176. The molecule has 6 heteroatoms. The molecule has 2 rings (SSSR count). The van der Waals surface area contributed by atoms with Crippen LogP contribution < -0.4 is 0 Å². The molecule has 2 aromatic heterocycles. The van der Waals surface area contributed by atoms with Crippen LogP contribution in [0.2, 0.25) is 0 Å². The van der Waals surface area contributed by atoms with Gasteiger partial charge < -0.3 is 0 Å². The van der Waals surface area contributed by atoms with Crippen molar-refractivity contribution in [2.75, 3.05) is 0 Å². The van der Waals surface area contributed by atoms with Crippen molar-refractivity contribution in [1.82, 2.24) is 29.8 Å². The van der Waals surface area contributed by atoms with Crippen molar-refractivity contribution in [2.24, 2.45) is 0 Å². The van der Waals surface area contributed by atoms with E-state index in [1.54, 1.807) is 34.3 Å². The van der Waals surface area contributed by atoms with Crippen LogP contribution in [0.3, 0.4) is 0 Å². The van der Waals surface area contributed by atoms with Crippen LogP contribution in [0.4, 0.5) is 0 Å². The largest absolute Gasteiger partial charge is 0.290 e. The molecular weight excluding hydrogens is 204 g/mol. The molecule has 0 radical (unpaired) electrons. The third kappa shape index (κ3) is 1.90. The average molecular weight is 216 g/mol. The van der Waals surface area contributed by atoms with Crippen LogP contribution in [0.25, 0.3) is 5.70 Å². The zero-order chi connectivity index (χ0) is 11.4. The second-order valence-corrected chi connectivity index (χ2v) is 3.28. The van der Waals surface area contributed by atoms with Gasteiger partial charge in [-0.05, 0) is 6.42 Å². The van der Waals surface area contributed by atoms with Crippen molar-refractivity contribution in [3.8, 4) is 0 Å². The van der Waals surface area contributed by atoms with Gasteiger partial charge in [-0.25, -0.2) is 4.68 Å². The summed E-state index contributed by atoms with van der Waals surface area (Å²) in [7, 11) is 0. The number of allylic oxidation sites excluding steroid dienone is 2. The van der Waals surface area contributed by atoms with Crippen molar-refractivity contribution in [3.05, 3.63) is 44.3 Å². The lowest BCUT2D eigenvalue weighted by atomic mass is 10.1. The fourth-order valence-electron chi connectivity index (χ4n) is 1.46. The Morgan fingerprint density at radius 3 is 2.62 bits per heavy atom. The fraction of sp³-hybridized carbons (Fsp3) is 0.200. The Hall–Kier alpha value is -2.24. The van der Waals surface area contributed by atoms with Gasteiger partial charge in [-0.15, -0.1) is 21.9 Å². The molecule has 82 valence electrons. The zero-order valence-corrected chi connectivity index (χ0v) is 8.77. The van der Waals surface area contributed by atoms with E-state index < -0.39 is 0 Å². The van der Waals surface area contributed by atoms with Crippen LogP contribution in [0.15, 0.2) is 44.3 Å². The lowest BCUT2D eigenvalue weighted by Gasteiger charge is -2.17. The van der Waals surface area contributed by atoms with Crippen LogP contribution in [0.5, 0.6) is 0 Å². The summed E-state index contributed by atoms with van der Waals surface area (Å²) in [6.07, 6.45) is 9.19. The Labute approximate surface area is 92.9 Å². The van der Waals surface area contributed by atoms with E-state index in [0.29, 0.717) is 0 Å². The molecule has 6 nitrogen and oxygen atoms in total. The second kappa shape index (κ2) is 4.52. The standard InChI is InChI=1S/C10H12N6/c1-3-4-10(16-6-5-11-14-16)9(2)15-7-12-13-8-15/h3,5-8,10H,1-2,4H2. The van der Waals surface area contributed by atoms with E-state index in [0.717, 1.165) is 12.1 Å². The number of aromatic nitrogens is 6. The van der Waals surface area contributed by atoms with Crippen molar-refractivity contribution in [1.29, 1.82) is 0 Å². The minimum absolute atomic E-state index is 0.0176. The molecule has 0 amide bonds. The number of hydrogen-bond acceptors (Lipinski definition) is 4. The van der Waals surface area contributed by atoms with E-state index in [-0.39, 0.29) is 6.04 Å². The van der Waals surface area contributed by atoms with Crippen LogP contribution in [-0.2, 0) is 0 Å². The molecule has 16 heavy (non-hydrogen) atoms. The van der Waals surface area contributed by atoms with Gasteiger partial charge in [0.25, 0.3) is 0 Å². The molecule has 0 aromatic carbocycles. The molecule has 0 saturated carbocycles. The van der Waals surface area contributed by atoms with Crippen molar-refractivity contribution in [3.63, 3.8) is 0 Å². The first kappa shape index (κ1) is 10.3. The fourth-order valence-corrected chi connectivity index (χ4v) is 1.46. The average Bonchev–Trinajstić information content (AvgIpc) is 2.96. The summed E-state index contributed by atoms with van der Waals surface area (Å²) in [6.45, 7) is 7.75. The first-order valence-corrected chi connectivity index (χ1v) is 4.83. The van der Waals surface area contributed by atoms with Gasteiger partial charge in [0, 0.05) is 11.9 Å².